The van der Waals surface area contributed by atoms with E-state index < -0.39 is 0 Å². The number of hydrogen-bond acceptors (Lipinski definition) is 6. The predicted octanol–water partition coefficient (Wildman–Crippen LogP) is 4.15. The van der Waals surface area contributed by atoms with Crippen molar-refractivity contribution in [3.05, 3.63) is 65.5 Å². The van der Waals surface area contributed by atoms with Crippen molar-refractivity contribution in [3.63, 3.8) is 0 Å². The lowest BCUT2D eigenvalue weighted by Crippen LogP contribution is -2.47. The van der Waals surface area contributed by atoms with Crippen molar-refractivity contribution in [1.29, 1.82) is 0 Å². The summed E-state index contributed by atoms with van der Waals surface area (Å²) < 4.78 is 10.7. The zero-order valence-corrected chi connectivity index (χ0v) is 21.2. The van der Waals surface area contributed by atoms with Crippen molar-refractivity contribution in [2.24, 2.45) is 0 Å². The van der Waals surface area contributed by atoms with Crippen LogP contribution in [-0.4, -0.2) is 53.1 Å². The van der Waals surface area contributed by atoms with Crippen LogP contribution in [0.5, 0.6) is 5.75 Å². The molecule has 36 heavy (non-hydrogen) atoms. The third-order valence-electron chi connectivity index (χ3n) is 6.62. The van der Waals surface area contributed by atoms with Crippen LogP contribution in [0.25, 0.3) is 11.4 Å². The number of para-hydroxylation sites is 1. The second-order valence-electron chi connectivity index (χ2n) is 9.50. The zero-order valence-electron chi connectivity index (χ0n) is 21.2. The van der Waals surface area contributed by atoms with Gasteiger partial charge in [0.2, 0.25) is 23.5 Å². The molecular formula is C28H34N4O4. The number of piperidine rings is 1. The average Bonchev–Trinajstić information content (AvgIpc) is 3.37. The first-order valence-electron chi connectivity index (χ1n) is 12.5. The molecule has 0 spiro atoms. The van der Waals surface area contributed by atoms with Crippen LogP contribution in [0.3, 0.4) is 0 Å². The Bertz CT molecular complexity index is 1160. The second kappa shape index (κ2) is 11.8. The van der Waals surface area contributed by atoms with Gasteiger partial charge in [-0.3, -0.25) is 9.59 Å². The highest BCUT2D eigenvalue weighted by atomic mass is 16.5. The molecule has 0 saturated carbocycles. The molecule has 190 valence electrons. The van der Waals surface area contributed by atoms with Crippen molar-refractivity contribution in [1.82, 2.24) is 20.4 Å². The third-order valence-corrected chi connectivity index (χ3v) is 6.62. The fourth-order valence-electron chi connectivity index (χ4n) is 4.41. The highest BCUT2D eigenvalue weighted by molar-refractivity contribution is 5.80. The quantitative estimate of drug-likeness (QED) is 0.484. The molecule has 1 aromatic heterocycles. The lowest BCUT2D eigenvalue weighted by Gasteiger charge is -2.32. The summed E-state index contributed by atoms with van der Waals surface area (Å²) in [6, 6.07) is 15.8. The van der Waals surface area contributed by atoms with Crippen molar-refractivity contribution in [2.45, 2.75) is 57.9 Å². The minimum Gasteiger partial charge on any atom is -0.496 e. The minimum atomic E-state index is -0.0464. The Balaban J connectivity index is 1.20. The number of hydrogen-bond donors (Lipinski definition) is 1. The standard InChI is InChI=1S/C28H34N4O4/c1-19(2)20-8-10-21(11-9-20)28-30-26(36-31-28)13-12-25(33)29-23-14-16-32(17-15-23)27(34)18-22-6-4-5-7-24(22)35-3/h4-11,19,23H,12-18H2,1-3H3,(H,29,33). The van der Waals surface area contributed by atoms with Crippen LogP contribution in [0.1, 0.15) is 56.0 Å². The van der Waals surface area contributed by atoms with Crippen molar-refractivity contribution in [3.8, 4) is 17.1 Å². The fourth-order valence-corrected chi connectivity index (χ4v) is 4.41. The van der Waals surface area contributed by atoms with Gasteiger partial charge >= 0.3 is 0 Å². The fraction of sp³-hybridized carbons (Fsp3) is 0.429. The molecule has 1 aliphatic heterocycles. The Morgan fingerprint density at radius 2 is 1.83 bits per heavy atom. The Labute approximate surface area is 212 Å². The molecule has 1 N–H and O–H groups in total. The minimum absolute atomic E-state index is 0.0464. The molecule has 2 aromatic carbocycles. The maximum Gasteiger partial charge on any atom is 0.227 e. The molecule has 0 aliphatic carbocycles. The molecule has 1 aliphatic rings. The van der Waals surface area contributed by atoms with Gasteiger partial charge in [0, 0.05) is 43.1 Å². The smallest absolute Gasteiger partial charge is 0.227 e. The van der Waals surface area contributed by atoms with Gasteiger partial charge in [-0.05, 0) is 30.4 Å². The largest absolute Gasteiger partial charge is 0.496 e. The summed E-state index contributed by atoms with van der Waals surface area (Å²) in [4.78, 5) is 31.5. The normalized spacial score (nSPS) is 14.2. The molecule has 1 fully saturated rings. The highest BCUT2D eigenvalue weighted by Crippen LogP contribution is 2.22. The summed E-state index contributed by atoms with van der Waals surface area (Å²) in [5.74, 6) is 2.20. The number of carbonyl (C=O) groups excluding carboxylic acids is 2. The van der Waals surface area contributed by atoms with Gasteiger partial charge in [-0.25, -0.2) is 0 Å². The summed E-state index contributed by atoms with van der Waals surface area (Å²) in [5.41, 5.74) is 3.04. The molecule has 8 heteroatoms. The number of amides is 2. The lowest BCUT2D eigenvalue weighted by molar-refractivity contribution is -0.131. The molecule has 0 bridgehead atoms. The molecular weight excluding hydrogens is 456 g/mol. The number of rotatable bonds is 9. The number of carbonyl (C=O) groups is 2. The van der Waals surface area contributed by atoms with E-state index in [9.17, 15) is 9.59 Å². The summed E-state index contributed by atoms with van der Waals surface area (Å²) in [6.07, 6.45) is 2.45. The van der Waals surface area contributed by atoms with E-state index in [0.717, 1.165) is 29.7 Å². The number of methoxy groups -OCH3 is 1. The van der Waals surface area contributed by atoms with E-state index in [1.807, 2.05) is 41.3 Å². The maximum atomic E-state index is 12.7. The Kier molecular flexibility index (Phi) is 8.36. The molecule has 2 heterocycles. The predicted molar refractivity (Wildman–Crippen MR) is 137 cm³/mol. The summed E-state index contributed by atoms with van der Waals surface area (Å²) >= 11 is 0. The van der Waals surface area contributed by atoms with Gasteiger partial charge in [0.15, 0.2) is 0 Å². The number of nitrogens with zero attached hydrogens (tertiary/aromatic N) is 3. The second-order valence-corrected chi connectivity index (χ2v) is 9.50. The highest BCUT2D eigenvalue weighted by Gasteiger charge is 2.24. The van der Waals surface area contributed by atoms with Gasteiger partial charge in [-0.1, -0.05) is 61.5 Å². The van der Waals surface area contributed by atoms with Gasteiger partial charge < -0.3 is 19.5 Å². The van der Waals surface area contributed by atoms with E-state index in [1.165, 1.54) is 5.56 Å². The maximum absolute atomic E-state index is 12.7. The van der Waals surface area contributed by atoms with E-state index >= 15 is 0 Å². The number of likely N-dealkylation sites (tertiary alicyclic amines) is 1. The number of aryl methyl sites for hydroxylation is 1. The average molecular weight is 491 g/mol. The molecule has 0 radical (unpaired) electrons. The first kappa shape index (κ1) is 25.4. The number of ether oxygens (including phenoxy) is 1. The Hall–Kier alpha value is -3.68. The summed E-state index contributed by atoms with van der Waals surface area (Å²) in [5, 5.41) is 7.14. The molecule has 0 atom stereocenters. The van der Waals surface area contributed by atoms with E-state index in [-0.39, 0.29) is 24.3 Å². The lowest BCUT2D eigenvalue weighted by atomic mass is 10.0. The Morgan fingerprint density at radius 1 is 1.11 bits per heavy atom. The van der Waals surface area contributed by atoms with Gasteiger partial charge in [0.25, 0.3) is 0 Å². The monoisotopic (exact) mass is 490 g/mol. The van der Waals surface area contributed by atoms with Crippen molar-refractivity contribution in [2.75, 3.05) is 20.2 Å². The molecule has 3 aromatic rings. The SMILES string of the molecule is COc1ccccc1CC(=O)N1CCC(NC(=O)CCc2nc(-c3ccc(C(C)C)cc3)no2)CC1. The summed E-state index contributed by atoms with van der Waals surface area (Å²) in [7, 11) is 1.61. The van der Waals surface area contributed by atoms with Crippen LogP contribution < -0.4 is 10.1 Å². The van der Waals surface area contributed by atoms with E-state index in [1.54, 1.807) is 7.11 Å². The molecule has 2 amide bonds. The third kappa shape index (κ3) is 6.50. The van der Waals surface area contributed by atoms with Crippen LogP contribution in [0.15, 0.2) is 53.1 Å². The topological polar surface area (TPSA) is 97.6 Å². The summed E-state index contributed by atoms with van der Waals surface area (Å²) in [6.45, 7) is 5.56. The molecule has 1 saturated heterocycles. The molecule has 4 rings (SSSR count). The van der Waals surface area contributed by atoms with Crippen molar-refractivity contribution >= 4 is 11.8 Å². The van der Waals surface area contributed by atoms with Gasteiger partial charge in [0.05, 0.1) is 13.5 Å². The van der Waals surface area contributed by atoms with E-state index in [4.69, 9.17) is 9.26 Å². The Morgan fingerprint density at radius 3 is 2.53 bits per heavy atom. The van der Waals surface area contributed by atoms with Crippen LogP contribution >= 0.6 is 0 Å². The van der Waals surface area contributed by atoms with Gasteiger partial charge in [0.1, 0.15) is 5.75 Å². The number of aromatic nitrogens is 2. The zero-order chi connectivity index (χ0) is 25.5. The first-order valence-corrected chi connectivity index (χ1v) is 12.5. The van der Waals surface area contributed by atoms with E-state index in [0.29, 0.717) is 43.6 Å². The van der Waals surface area contributed by atoms with Gasteiger partial charge in [-0.2, -0.15) is 4.98 Å². The number of nitrogens with one attached hydrogen (secondary N) is 1. The van der Waals surface area contributed by atoms with Crippen molar-refractivity contribution < 1.29 is 18.8 Å². The van der Waals surface area contributed by atoms with Crippen LogP contribution in [-0.2, 0) is 22.4 Å². The first-order chi connectivity index (χ1) is 17.4. The van der Waals surface area contributed by atoms with E-state index in [2.05, 4.69) is 41.4 Å². The molecule has 8 nitrogen and oxygen atoms in total. The molecule has 0 unspecified atom stereocenters. The van der Waals surface area contributed by atoms with Crippen LogP contribution in [0, 0.1) is 0 Å². The van der Waals surface area contributed by atoms with Crippen LogP contribution in [0.2, 0.25) is 0 Å². The van der Waals surface area contributed by atoms with Gasteiger partial charge in [-0.15, -0.1) is 0 Å². The number of benzene rings is 2. The van der Waals surface area contributed by atoms with Crippen LogP contribution in [0.4, 0.5) is 0 Å².